The van der Waals surface area contributed by atoms with E-state index in [1.54, 1.807) is 25.3 Å². The van der Waals surface area contributed by atoms with Crippen molar-refractivity contribution in [3.05, 3.63) is 45.9 Å². The lowest BCUT2D eigenvalue weighted by atomic mass is 9.87. The molecule has 1 aliphatic heterocycles. The Morgan fingerprint density at radius 2 is 1.86 bits per heavy atom. The average Bonchev–Trinajstić information content (AvgIpc) is 3.32. The Labute approximate surface area is 228 Å². The van der Waals surface area contributed by atoms with Crippen LogP contribution in [0.2, 0.25) is 5.02 Å². The van der Waals surface area contributed by atoms with Gasteiger partial charge in [0.25, 0.3) is 0 Å². The van der Waals surface area contributed by atoms with Crippen molar-refractivity contribution in [1.29, 1.82) is 0 Å². The van der Waals surface area contributed by atoms with Gasteiger partial charge in [0.2, 0.25) is 5.95 Å². The molecule has 0 amide bonds. The maximum absolute atomic E-state index is 12.8. The number of aromatic nitrogens is 2. The molecule has 1 aliphatic rings. The number of benzene rings is 1. The summed E-state index contributed by atoms with van der Waals surface area (Å²) in [6.07, 6.45) is 3.68. The van der Waals surface area contributed by atoms with Crippen molar-refractivity contribution in [2.24, 2.45) is 0 Å². The van der Waals surface area contributed by atoms with Gasteiger partial charge < -0.3 is 20.7 Å². The number of thiophene rings is 1. The van der Waals surface area contributed by atoms with Crippen molar-refractivity contribution in [3.8, 4) is 5.75 Å². The highest BCUT2D eigenvalue weighted by atomic mass is 35.5. The number of piperidine rings is 1. The van der Waals surface area contributed by atoms with E-state index in [-0.39, 0.29) is 15.3 Å². The highest BCUT2D eigenvalue weighted by Gasteiger charge is 2.25. The number of hydrogen-bond donors (Lipinski definition) is 3. The molecular formula is C26H34ClN5O3S2. The second-order valence-electron chi connectivity index (χ2n) is 9.75. The van der Waals surface area contributed by atoms with Crippen LogP contribution in [0, 0.1) is 6.92 Å². The largest absolute Gasteiger partial charge is 0.489 e. The van der Waals surface area contributed by atoms with Crippen LogP contribution in [-0.4, -0.2) is 42.8 Å². The van der Waals surface area contributed by atoms with Crippen molar-refractivity contribution in [1.82, 2.24) is 15.3 Å². The Morgan fingerprint density at radius 3 is 2.54 bits per heavy atom. The molecule has 1 aromatic carbocycles. The number of halogens is 1. The lowest BCUT2D eigenvalue weighted by molar-refractivity contribution is 0.243. The molecule has 0 bridgehead atoms. The van der Waals surface area contributed by atoms with Crippen LogP contribution in [-0.2, 0) is 9.84 Å². The minimum absolute atomic E-state index is 0.00703. The van der Waals surface area contributed by atoms with Crippen LogP contribution < -0.4 is 20.7 Å². The Balaban J connectivity index is 1.64. The monoisotopic (exact) mass is 563 g/mol. The number of nitrogens with zero attached hydrogens (tertiary/aromatic N) is 2. The highest BCUT2D eigenvalue weighted by Crippen LogP contribution is 2.38. The molecule has 1 saturated heterocycles. The molecule has 0 saturated carbocycles. The fraction of sp³-hybridized carbons (Fsp3) is 0.462. The molecule has 0 atom stereocenters. The van der Waals surface area contributed by atoms with Crippen molar-refractivity contribution < 1.29 is 13.2 Å². The van der Waals surface area contributed by atoms with Crippen LogP contribution in [0.25, 0.3) is 0 Å². The van der Waals surface area contributed by atoms with Crippen molar-refractivity contribution >= 4 is 55.9 Å². The number of nitrogens with one attached hydrogen (secondary N) is 3. The van der Waals surface area contributed by atoms with Gasteiger partial charge in [0.1, 0.15) is 15.0 Å². The molecule has 3 aromatic rings. The molecule has 200 valence electrons. The van der Waals surface area contributed by atoms with E-state index in [4.69, 9.17) is 16.3 Å². The van der Waals surface area contributed by atoms with Gasteiger partial charge in [0.15, 0.2) is 15.7 Å². The second-order valence-corrected chi connectivity index (χ2v) is 13.8. The first-order chi connectivity index (χ1) is 17.6. The van der Waals surface area contributed by atoms with E-state index in [9.17, 15) is 8.42 Å². The van der Waals surface area contributed by atoms with Gasteiger partial charge >= 0.3 is 0 Å². The fourth-order valence-electron chi connectivity index (χ4n) is 4.31. The molecule has 11 heteroatoms. The standard InChI is InChI=1S/C26H34ClN5O3S2/c1-15(2)35-23-13-19(18-6-9-28-10-7-18)17(5)12-22(23)31-26-29-14-20(27)24(32-26)30-21-8-11-36-25(21)37(33,34)16(3)4/h8,11-16,18,28H,6-7,9-10H2,1-5H3,(H2,29,30,31,32). The van der Waals surface area contributed by atoms with Crippen LogP contribution in [0.15, 0.2) is 34.0 Å². The number of hydrogen-bond acceptors (Lipinski definition) is 9. The first-order valence-corrected chi connectivity index (χ1v) is 15.3. The third kappa shape index (κ3) is 6.37. The summed E-state index contributed by atoms with van der Waals surface area (Å²) in [5.41, 5.74) is 3.69. The van der Waals surface area contributed by atoms with Gasteiger partial charge in [-0.15, -0.1) is 11.3 Å². The predicted octanol–water partition coefficient (Wildman–Crippen LogP) is 6.42. The normalized spacial score (nSPS) is 14.8. The highest BCUT2D eigenvalue weighted by molar-refractivity contribution is 7.94. The van der Waals surface area contributed by atoms with E-state index in [1.807, 2.05) is 13.8 Å². The van der Waals surface area contributed by atoms with E-state index in [0.29, 0.717) is 23.4 Å². The molecule has 4 rings (SSSR count). The van der Waals surface area contributed by atoms with Crippen LogP contribution >= 0.6 is 22.9 Å². The van der Waals surface area contributed by atoms with Crippen molar-refractivity contribution in [3.63, 3.8) is 0 Å². The first-order valence-electron chi connectivity index (χ1n) is 12.5. The summed E-state index contributed by atoms with van der Waals surface area (Å²) in [6.45, 7) is 11.5. The third-order valence-corrected chi connectivity index (χ3v) is 10.2. The molecule has 1 fully saturated rings. The summed E-state index contributed by atoms with van der Waals surface area (Å²) in [4.78, 5) is 8.90. The van der Waals surface area contributed by atoms with E-state index in [1.165, 1.54) is 28.7 Å². The predicted molar refractivity (Wildman–Crippen MR) is 152 cm³/mol. The first kappa shape index (κ1) is 27.6. The molecule has 3 heterocycles. The van der Waals surface area contributed by atoms with E-state index < -0.39 is 15.1 Å². The molecule has 37 heavy (non-hydrogen) atoms. The molecular weight excluding hydrogens is 530 g/mol. The Morgan fingerprint density at radius 1 is 1.14 bits per heavy atom. The van der Waals surface area contributed by atoms with Gasteiger partial charge in [-0.05, 0) is 101 Å². The Kier molecular flexibility index (Phi) is 8.63. The summed E-state index contributed by atoms with van der Waals surface area (Å²) in [7, 11) is -3.46. The number of rotatable bonds is 9. The summed E-state index contributed by atoms with van der Waals surface area (Å²) < 4.78 is 32.0. The summed E-state index contributed by atoms with van der Waals surface area (Å²) in [6, 6.07) is 5.92. The summed E-state index contributed by atoms with van der Waals surface area (Å²) in [5.74, 6) is 1.87. The summed E-state index contributed by atoms with van der Waals surface area (Å²) >= 11 is 7.55. The van der Waals surface area contributed by atoms with Gasteiger partial charge in [-0.2, -0.15) is 4.98 Å². The lowest BCUT2D eigenvalue weighted by Crippen LogP contribution is -2.27. The molecule has 2 aromatic heterocycles. The third-order valence-electron chi connectivity index (χ3n) is 6.26. The maximum atomic E-state index is 12.8. The zero-order valence-electron chi connectivity index (χ0n) is 21.8. The number of anilines is 4. The van der Waals surface area contributed by atoms with Gasteiger partial charge in [0, 0.05) is 0 Å². The lowest BCUT2D eigenvalue weighted by Gasteiger charge is -2.26. The summed E-state index contributed by atoms with van der Waals surface area (Å²) in [5, 5.41) is 11.3. The van der Waals surface area contributed by atoms with Gasteiger partial charge in [-0.1, -0.05) is 11.6 Å². The fourth-order valence-corrected chi connectivity index (χ4v) is 7.16. The van der Waals surface area contributed by atoms with Crippen molar-refractivity contribution in [2.45, 2.75) is 68.9 Å². The molecule has 0 unspecified atom stereocenters. The second kappa shape index (κ2) is 11.6. The van der Waals surface area contributed by atoms with Crippen LogP contribution in [0.4, 0.5) is 23.1 Å². The van der Waals surface area contributed by atoms with Crippen LogP contribution in [0.1, 0.15) is 57.6 Å². The Hall–Kier alpha value is -2.40. The Bertz CT molecular complexity index is 1350. The molecule has 0 aliphatic carbocycles. The van der Waals surface area contributed by atoms with Gasteiger partial charge in [-0.25, -0.2) is 13.4 Å². The van der Waals surface area contributed by atoms with Crippen LogP contribution in [0.3, 0.4) is 0 Å². The minimum Gasteiger partial charge on any atom is -0.489 e. The molecule has 0 radical (unpaired) electrons. The van der Waals surface area contributed by atoms with Gasteiger partial charge in [-0.3, -0.25) is 0 Å². The quantitative estimate of drug-likeness (QED) is 0.274. The van der Waals surface area contributed by atoms with Gasteiger partial charge in [0.05, 0.1) is 28.9 Å². The SMILES string of the molecule is Cc1cc(Nc2ncc(Cl)c(Nc3ccsc3S(=O)(=O)C(C)C)n2)c(OC(C)C)cc1C1CCNCC1. The molecule has 3 N–H and O–H groups in total. The number of aryl methyl sites for hydroxylation is 1. The van der Waals surface area contributed by atoms with E-state index in [0.717, 1.165) is 37.4 Å². The van der Waals surface area contributed by atoms with E-state index >= 15 is 0 Å². The van der Waals surface area contributed by atoms with Crippen molar-refractivity contribution in [2.75, 3.05) is 23.7 Å². The minimum atomic E-state index is -3.46. The molecule has 0 spiro atoms. The zero-order valence-corrected chi connectivity index (χ0v) is 24.1. The number of sulfone groups is 1. The van der Waals surface area contributed by atoms with Crippen LogP contribution in [0.5, 0.6) is 5.75 Å². The maximum Gasteiger partial charge on any atom is 0.229 e. The smallest absolute Gasteiger partial charge is 0.229 e. The average molecular weight is 564 g/mol. The topological polar surface area (TPSA) is 105 Å². The zero-order chi connectivity index (χ0) is 26.7. The van der Waals surface area contributed by atoms with E-state index in [2.05, 4.69) is 45.0 Å². The molecule has 8 nitrogen and oxygen atoms in total. The number of ether oxygens (including phenoxy) is 1.